The van der Waals surface area contributed by atoms with Gasteiger partial charge in [0.15, 0.2) is 0 Å². The first-order valence-electron chi connectivity index (χ1n) is 5.78. The number of hydrogen-bond acceptors (Lipinski definition) is 1. The first kappa shape index (κ1) is 13.9. The summed E-state index contributed by atoms with van der Waals surface area (Å²) < 4.78 is 0. The molecule has 0 saturated carbocycles. The van der Waals surface area contributed by atoms with Gasteiger partial charge in [-0.05, 0) is 37.0 Å². The molecule has 0 fully saturated rings. The average molecular weight is 303 g/mol. The number of pyridine rings is 1. The van der Waals surface area contributed by atoms with Crippen molar-refractivity contribution in [3.8, 4) is 0 Å². The summed E-state index contributed by atoms with van der Waals surface area (Å²) in [6, 6.07) is 1.82. The van der Waals surface area contributed by atoms with Crippen molar-refractivity contribution >= 4 is 45.7 Å². The molecule has 0 aliphatic heterocycles. The van der Waals surface area contributed by atoms with Crippen molar-refractivity contribution in [2.45, 2.75) is 33.6 Å². The van der Waals surface area contributed by atoms with E-state index in [9.17, 15) is 0 Å². The molecule has 18 heavy (non-hydrogen) atoms. The minimum absolute atomic E-state index is 0.296. The highest BCUT2D eigenvalue weighted by Crippen LogP contribution is 2.40. The van der Waals surface area contributed by atoms with Crippen molar-refractivity contribution in [3.63, 3.8) is 0 Å². The molecule has 0 atom stereocenters. The van der Waals surface area contributed by atoms with Gasteiger partial charge in [-0.1, -0.05) is 48.7 Å². The third-order valence-corrected chi connectivity index (χ3v) is 4.24. The van der Waals surface area contributed by atoms with Gasteiger partial charge in [0.05, 0.1) is 20.6 Å². The fourth-order valence-electron chi connectivity index (χ4n) is 2.24. The Bertz CT molecular complexity index is 633. The summed E-state index contributed by atoms with van der Waals surface area (Å²) in [5.74, 6) is 0.296. The molecule has 1 nitrogen and oxygen atoms in total. The summed E-state index contributed by atoms with van der Waals surface area (Å²) in [5, 5.41) is 2.65. The zero-order chi connectivity index (χ0) is 13.6. The van der Waals surface area contributed by atoms with Crippen LogP contribution >= 0.6 is 34.8 Å². The lowest BCUT2D eigenvalue weighted by atomic mass is 9.98. The van der Waals surface area contributed by atoms with Crippen LogP contribution in [0.2, 0.25) is 15.1 Å². The van der Waals surface area contributed by atoms with Crippen molar-refractivity contribution in [1.29, 1.82) is 0 Å². The van der Waals surface area contributed by atoms with Crippen LogP contribution in [0.1, 0.15) is 36.6 Å². The topological polar surface area (TPSA) is 12.9 Å². The minimum Gasteiger partial charge on any atom is -0.251 e. The molecule has 1 heterocycles. The van der Waals surface area contributed by atoms with Gasteiger partial charge < -0.3 is 0 Å². The van der Waals surface area contributed by atoms with Crippen molar-refractivity contribution in [2.75, 3.05) is 0 Å². The normalized spacial score (nSPS) is 11.6. The lowest BCUT2D eigenvalue weighted by molar-refractivity contribution is 0.848. The van der Waals surface area contributed by atoms with Crippen LogP contribution in [0.4, 0.5) is 0 Å². The van der Waals surface area contributed by atoms with E-state index < -0.39 is 0 Å². The van der Waals surface area contributed by atoms with E-state index in [1.807, 2.05) is 19.9 Å². The Labute approximate surface area is 122 Å². The lowest BCUT2D eigenvalue weighted by Crippen LogP contribution is -1.99. The van der Waals surface area contributed by atoms with Crippen LogP contribution in [-0.2, 0) is 0 Å². The van der Waals surface area contributed by atoms with Crippen molar-refractivity contribution in [3.05, 3.63) is 38.0 Å². The molecule has 0 amide bonds. The number of nitrogens with zero attached hydrogens (tertiary/aromatic N) is 1. The van der Waals surface area contributed by atoms with Gasteiger partial charge in [-0.25, -0.2) is 0 Å². The first-order chi connectivity index (χ1) is 8.34. The molecule has 0 radical (unpaired) electrons. The number of benzene rings is 1. The Kier molecular flexibility index (Phi) is 3.77. The average Bonchev–Trinajstić information content (AvgIpc) is 2.25. The monoisotopic (exact) mass is 301 g/mol. The molecule has 1 aromatic carbocycles. The summed E-state index contributed by atoms with van der Waals surface area (Å²) in [6.45, 7) is 8.05. The second-order valence-electron chi connectivity index (χ2n) is 4.79. The fourth-order valence-corrected chi connectivity index (χ4v) is 3.37. The van der Waals surface area contributed by atoms with Crippen LogP contribution in [0, 0.1) is 13.8 Å². The van der Waals surface area contributed by atoms with Crippen LogP contribution < -0.4 is 0 Å². The van der Waals surface area contributed by atoms with E-state index in [1.54, 1.807) is 0 Å². The largest absolute Gasteiger partial charge is 0.251 e. The SMILES string of the molecule is Cc1cc(Cl)c2nc(C)c(C(C)C)c(Cl)c2c1Cl. The number of fused-ring (bicyclic) bond motifs is 1. The predicted molar refractivity (Wildman–Crippen MR) is 80.3 cm³/mol. The van der Waals surface area contributed by atoms with E-state index in [4.69, 9.17) is 34.8 Å². The second kappa shape index (κ2) is 4.88. The lowest BCUT2D eigenvalue weighted by Gasteiger charge is -2.16. The molecular formula is C14H14Cl3N. The molecular weight excluding hydrogens is 289 g/mol. The third kappa shape index (κ3) is 2.09. The van der Waals surface area contributed by atoms with Crippen molar-refractivity contribution in [1.82, 2.24) is 4.98 Å². The van der Waals surface area contributed by atoms with Gasteiger partial charge >= 0.3 is 0 Å². The Morgan fingerprint density at radius 1 is 1.06 bits per heavy atom. The zero-order valence-electron chi connectivity index (χ0n) is 10.7. The van der Waals surface area contributed by atoms with Crippen molar-refractivity contribution in [2.24, 2.45) is 0 Å². The Morgan fingerprint density at radius 3 is 2.22 bits per heavy atom. The summed E-state index contributed by atoms with van der Waals surface area (Å²) in [7, 11) is 0. The van der Waals surface area contributed by atoms with Gasteiger partial charge in [-0.3, -0.25) is 4.98 Å². The van der Waals surface area contributed by atoms with Crippen molar-refractivity contribution < 1.29 is 0 Å². The molecule has 0 spiro atoms. The second-order valence-corrected chi connectivity index (χ2v) is 5.96. The quantitative estimate of drug-likeness (QED) is 0.635. The Balaban J connectivity index is 3.01. The summed E-state index contributed by atoms with van der Waals surface area (Å²) in [6.07, 6.45) is 0. The number of halogens is 3. The molecule has 0 aliphatic carbocycles. The molecule has 4 heteroatoms. The van der Waals surface area contributed by atoms with Crippen LogP contribution in [0.15, 0.2) is 6.07 Å². The molecule has 96 valence electrons. The van der Waals surface area contributed by atoms with Gasteiger partial charge in [0.25, 0.3) is 0 Å². The zero-order valence-corrected chi connectivity index (χ0v) is 13.0. The first-order valence-corrected chi connectivity index (χ1v) is 6.92. The fraction of sp³-hybridized carbons (Fsp3) is 0.357. The highest BCUT2D eigenvalue weighted by molar-refractivity contribution is 6.45. The Hall–Kier alpha value is -0.500. The molecule has 1 aromatic heterocycles. The number of rotatable bonds is 1. The van der Waals surface area contributed by atoms with E-state index >= 15 is 0 Å². The maximum atomic E-state index is 6.51. The summed E-state index contributed by atoms with van der Waals surface area (Å²) in [5.41, 5.74) is 3.53. The van der Waals surface area contributed by atoms with Gasteiger partial charge in [-0.2, -0.15) is 0 Å². The molecule has 0 unspecified atom stereocenters. The van der Waals surface area contributed by atoms with Crippen LogP contribution in [0.25, 0.3) is 10.9 Å². The van der Waals surface area contributed by atoms with E-state index in [0.717, 1.165) is 22.2 Å². The maximum Gasteiger partial charge on any atom is 0.0921 e. The smallest absolute Gasteiger partial charge is 0.0921 e. The highest BCUT2D eigenvalue weighted by Gasteiger charge is 2.18. The molecule has 0 bridgehead atoms. The standard InChI is InChI=1S/C14H14Cl3N/c1-6(2)10-8(4)18-14-9(15)5-7(3)12(16)11(14)13(10)17/h5-6H,1-4H3. The number of aryl methyl sites for hydroxylation is 2. The highest BCUT2D eigenvalue weighted by atomic mass is 35.5. The summed E-state index contributed by atoms with van der Waals surface area (Å²) >= 11 is 19.1. The van der Waals surface area contributed by atoms with Gasteiger partial charge in [0.1, 0.15) is 0 Å². The van der Waals surface area contributed by atoms with E-state index in [-0.39, 0.29) is 0 Å². The van der Waals surface area contributed by atoms with E-state index in [2.05, 4.69) is 18.8 Å². The minimum atomic E-state index is 0.296. The molecule has 2 aromatic rings. The van der Waals surface area contributed by atoms with Gasteiger partial charge in [0, 0.05) is 11.1 Å². The van der Waals surface area contributed by atoms with Crippen LogP contribution in [0.5, 0.6) is 0 Å². The van der Waals surface area contributed by atoms with Crippen LogP contribution in [0.3, 0.4) is 0 Å². The molecule has 0 N–H and O–H groups in total. The van der Waals surface area contributed by atoms with Crippen LogP contribution in [-0.4, -0.2) is 4.98 Å². The Morgan fingerprint density at radius 2 is 1.67 bits per heavy atom. The molecule has 2 rings (SSSR count). The van der Waals surface area contributed by atoms with E-state index in [1.165, 1.54) is 0 Å². The molecule has 0 saturated heterocycles. The third-order valence-electron chi connectivity index (χ3n) is 3.07. The summed E-state index contributed by atoms with van der Waals surface area (Å²) in [4.78, 5) is 4.56. The van der Waals surface area contributed by atoms with E-state index in [0.29, 0.717) is 26.5 Å². The van der Waals surface area contributed by atoms with Gasteiger partial charge in [0.2, 0.25) is 0 Å². The predicted octanol–water partition coefficient (Wildman–Crippen LogP) is 5.94. The van der Waals surface area contributed by atoms with Gasteiger partial charge in [-0.15, -0.1) is 0 Å². The molecule has 0 aliphatic rings. The number of aromatic nitrogens is 1. The maximum absolute atomic E-state index is 6.51. The number of hydrogen-bond donors (Lipinski definition) is 0.